The number of rotatable bonds is 6. The van der Waals surface area contributed by atoms with E-state index in [1.54, 1.807) is 0 Å². The third-order valence-corrected chi connectivity index (χ3v) is 4.97. The van der Waals surface area contributed by atoms with Crippen LogP contribution < -0.4 is 5.32 Å². The van der Waals surface area contributed by atoms with Gasteiger partial charge in [0, 0.05) is 10.0 Å². The first-order valence-electron chi connectivity index (χ1n) is 8.42. The normalized spacial score (nSPS) is 18.1. The first kappa shape index (κ1) is 17.0. The number of halogens is 1. The summed E-state index contributed by atoms with van der Waals surface area (Å²) in [5.74, 6) is 1.71. The highest BCUT2D eigenvalue weighted by Gasteiger charge is 2.22. The second-order valence-electron chi connectivity index (χ2n) is 7.72. The number of nitrogens with one attached hydrogen (secondary N) is 1. The first-order chi connectivity index (χ1) is 9.92. The average Bonchev–Trinajstić information content (AvgIpc) is 2.88. The van der Waals surface area contributed by atoms with Gasteiger partial charge in [0.2, 0.25) is 0 Å². The highest BCUT2D eigenvalue weighted by Crippen LogP contribution is 2.31. The zero-order valence-corrected chi connectivity index (χ0v) is 15.4. The van der Waals surface area contributed by atoms with Crippen molar-refractivity contribution >= 4 is 15.9 Å². The maximum atomic E-state index is 3.72. The molecule has 0 aliphatic heterocycles. The molecule has 0 heterocycles. The van der Waals surface area contributed by atoms with Gasteiger partial charge in [-0.05, 0) is 69.7 Å². The van der Waals surface area contributed by atoms with Crippen LogP contribution in [0.5, 0.6) is 0 Å². The van der Waals surface area contributed by atoms with Crippen molar-refractivity contribution in [2.75, 3.05) is 6.54 Å². The standard InChI is InChI=1S/C19H30BrN/c1-19(2,3)21-14-17(11-15-7-4-5-8-15)12-16-9-6-10-18(20)13-16/h6,9-10,13,15,17,21H,4-5,7-8,11-12,14H2,1-3H3. The van der Waals surface area contributed by atoms with Crippen molar-refractivity contribution < 1.29 is 0 Å². The fourth-order valence-electron chi connectivity index (χ4n) is 3.40. The quantitative estimate of drug-likeness (QED) is 0.705. The van der Waals surface area contributed by atoms with Crippen LogP contribution in [0.25, 0.3) is 0 Å². The molecule has 1 atom stereocenters. The Morgan fingerprint density at radius 2 is 1.95 bits per heavy atom. The van der Waals surface area contributed by atoms with Gasteiger partial charge in [0.25, 0.3) is 0 Å². The largest absolute Gasteiger partial charge is 0.312 e. The fourth-order valence-corrected chi connectivity index (χ4v) is 3.85. The van der Waals surface area contributed by atoms with Crippen LogP contribution in [-0.4, -0.2) is 12.1 Å². The van der Waals surface area contributed by atoms with Crippen molar-refractivity contribution in [2.24, 2.45) is 11.8 Å². The van der Waals surface area contributed by atoms with Gasteiger partial charge in [0.05, 0.1) is 0 Å². The molecule has 0 amide bonds. The van der Waals surface area contributed by atoms with Crippen LogP contribution in [0.15, 0.2) is 28.7 Å². The summed E-state index contributed by atoms with van der Waals surface area (Å²) in [5.41, 5.74) is 1.67. The summed E-state index contributed by atoms with van der Waals surface area (Å²) >= 11 is 3.60. The molecule has 2 heteroatoms. The van der Waals surface area contributed by atoms with E-state index in [9.17, 15) is 0 Å². The highest BCUT2D eigenvalue weighted by molar-refractivity contribution is 9.10. The lowest BCUT2D eigenvalue weighted by Gasteiger charge is -2.27. The van der Waals surface area contributed by atoms with Gasteiger partial charge >= 0.3 is 0 Å². The molecule has 1 nitrogen and oxygen atoms in total. The molecule has 1 aliphatic carbocycles. The van der Waals surface area contributed by atoms with Crippen molar-refractivity contribution in [1.82, 2.24) is 5.32 Å². The van der Waals surface area contributed by atoms with E-state index < -0.39 is 0 Å². The van der Waals surface area contributed by atoms with E-state index in [0.717, 1.165) is 18.4 Å². The van der Waals surface area contributed by atoms with Gasteiger partial charge in [0.15, 0.2) is 0 Å². The second-order valence-corrected chi connectivity index (χ2v) is 8.63. The molecule has 0 bridgehead atoms. The monoisotopic (exact) mass is 351 g/mol. The van der Waals surface area contributed by atoms with E-state index in [1.807, 2.05) is 0 Å². The van der Waals surface area contributed by atoms with Crippen LogP contribution >= 0.6 is 15.9 Å². The summed E-state index contributed by atoms with van der Waals surface area (Å²) in [6, 6.07) is 8.81. The van der Waals surface area contributed by atoms with Crippen molar-refractivity contribution in [3.63, 3.8) is 0 Å². The van der Waals surface area contributed by atoms with Crippen molar-refractivity contribution in [3.05, 3.63) is 34.3 Å². The molecule has 1 N–H and O–H groups in total. The van der Waals surface area contributed by atoms with Gasteiger partial charge in [-0.1, -0.05) is 53.7 Å². The van der Waals surface area contributed by atoms with Gasteiger partial charge in [-0.15, -0.1) is 0 Å². The zero-order valence-electron chi connectivity index (χ0n) is 13.8. The molecule has 1 unspecified atom stereocenters. The molecule has 0 spiro atoms. The molecule has 1 aliphatic rings. The number of hydrogen-bond acceptors (Lipinski definition) is 1. The van der Waals surface area contributed by atoms with Crippen LogP contribution in [-0.2, 0) is 6.42 Å². The molecule has 2 rings (SSSR count). The molecule has 1 saturated carbocycles. The lowest BCUT2D eigenvalue weighted by Crippen LogP contribution is -2.40. The maximum Gasteiger partial charge on any atom is 0.0177 e. The second kappa shape index (κ2) is 7.78. The van der Waals surface area contributed by atoms with Crippen LogP contribution in [0.3, 0.4) is 0 Å². The number of benzene rings is 1. The third kappa shape index (κ3) is 6.52. The number of hydrogen-bond donors (Lipinski definition) is 1. The van der Waals surface area contributed by atoms with E-state index in [1.165, 1.54) is 48.6 Å². The van der Waals surface area contributed by atoms with Crippen LogP contribution in [0.4, 0.5) is 0 Å². The molecule has 118 valence electrons. The predicted octanol–water partition coefficient (Wildman–Crippen LogP) is 5.58. The lowest BCUT2D eigenvalue weighted by molar-refractivity contribution is 0.317. The molecule has 0 saturated heterocycles. The minimum atomic E-state index is 0.213. The lowest BCUT2D eigenvalue weighted by atomic mass is 9.88. The van der Waals surface area contributed by atoms with Crippen LogP contribution in [0.1, 0.15) is 58.4 Å². The molecule has 1 fully saturated rings. The summed E-state index contributed by atoms with van der Waals surface area (Å²) in [4.78, 5) is 0. The van der Waals surface area contributed by atoms with Crippen molar-refractivity contribution in [2.45, 2.75) is 64.8 Å². The van der Waals surface area contributed by atoms with E-state index in [0.29, 0.717) is 0 Å². The minimum absolute atomic E-state index is 0.213. The molecular formula is C19H30BrN. The molecule has 21 heavy (non-hydrogen) atoms. The summed E-state index contributed by atoms with van der Waals surface area (Å²) in [7, 11) is 0. The van der Waals surface area contributed by atoms with Gasteiger partial charge in [-0.2, -0.15) is 0 Å². The summed E-state index contributed by atoms with van der Waals surface area (Å²) in [6.45, 7) is 7.92. The molecule has 0 radical (unpaired) electrons. The van der Waals surface area contributed by atoms with Gasteiger partial charge in [-0.3, -0.25) is 0 Å². The smallest absolute Gasteiger partial charge is 0.0177 e. The van der Waals surface area contributed by atoms with E-state index >= 15 is 0 Å². The third-order valence-electron chi connectivity index (χ3n) is 4.48. The SMILES string of the molecule is CC(C)(C)NCC(Cc1cccc(Br)c1)CC1CCCC1. The van der Waals surface area contributed by atoms with E-state index in [2.05, 4.69) is 66.3 Å². The minimum Gasteiger partial charge on any atom is -0.312 e. The van der Waals surface area contributed by atoms with Crippen LogP contribution in [0, 0.1) is 11.8 Å². The van der Waals surface area contributed by atoms with Gasteiger partial charge < -0.3 is 5.32 Å². The maximum absolute atomic E-state index is 3.72. The average molecular weight is 352 g/mol. The fraction of sp³-hybridized carbons (Fsp3) is 0.684. The molecule has 1 aromatic carbocycles. The van der Waals surface area contributed by atoms with E-state index in [4.69, 9.17) is 0 Å². The first-order valence-corrected chi connectivity index (χ1v) is 9.21. The Morgan fingerprint density at radius 1 is 1.24 bits per heavy atom. The predicted molar refractivity (Wildman–Crippen MR) is 95.7 cm³/mol. The Balaban J connectivity index is 1.96. The van der Waals surface area contributed by atoms with Crippen LogP contribution in [0.2, 0.25) is 0 Å². The van der Waals surface area contributed by atoms with Crippen molar-refractivity contribution in [1.29, 1.82) is 0 Å². The Kier molecular flexibility index (Phi) is 6.31. The Morgan fingerprint density at radius 3 is 2.57 bits per heavy atom. The Bertz CT molecular complexity index is 429. The molecule has 0 aromatic heterocycles. The summed E-state index contributed by atoms with van der Waals surface area (Å²) in [6.07, 6.45) is 8.37. The van der Waals surface area contributed by atoms with Gasteiger partial charge in [-0.25, -0.2) is 0 Å². The molecular weight excluding hydrogens is 322 g/mol. The van der Waals surface area contributed by atoms with Gasteiger partial charge in [0.1, 0.15) is 0 Å². The van der Waals surface area contributed by atoms with Crippen molar-refractivity contribution in [3.8, 4) is 0 Å². The highest BCUT2D eigenvalue weighted by atomic mass is 79.9. The van der Waals surface area contributed by atoms with E-state index in [-0.39, 0.29) is 5.54 Å². The summed E-state index contributed by atoms with van der Waals surface area (Å²) in [5, 5.41) is 3.72. The summed E-state index contributed by atoms with van der Waals surface area (Å²) < 4.78 is 1.20. The Hall–Kier alpha value is -0.340. The topological polar surface area (TPSA) is 12.0 Å². The zero-order chi connectivity index (χ0) is 15.3. The molecule has 1 aromatic rings. The Labute approximate surface area is 139 Å².